The largest absolute Gasteiger partial charge is 0.362 e. The number of rotatable bonds is 4. The van der Waals surface area contributed by atoms with Crippen molar-refractivity contribution < 1.29 is 18.1 Å². The third-order valence-corrected chi connectivity index (χ3v) is 5.80. The molecule has 8 heteroatoms. The maximum absolute atomic E-state index is 13.4. The average molecular weight is 404 g/mol. The molecule has 0 radical (unpaired) electrons. The summed E-state index contributed by atoms with van der Waals surface area (Å²) in [4.78, 5) is 19.5. The summed E-state index contributed by atoms with van der Waals surface area (Å²) in [6, 6.07) is 3.96. The van der Waals surface area contributed by atoms with Gasteiger partial charge in [-0.25, -0.2) is 13.8 Å². The van der Waals surface area contributed by atoms with E-state index in [1.54, 1.807) is 0 Å². The number of halogens is 2. The molecule has 2 aromatic heterocycles. The number of nitrogens with one attached hydrogen (secondary N) is 1. The molecule has 0 atom stereocenters. The Hall–Kier alpha value is -2.51. The highest BCUT2D eigenvalue weighted by atomic mass is 19.3. The smallest absolute Gasteiger partial charge is 0.248 e. The van der Waals surface area contributed by atoms with E-state index >= 15 is 0 Å². The third kappa shape index (κ3) is 4.41. The van der Waals surface area contributed by atoms with Crippen LogP contribution in [0, 0.1) is 19.8 Å². The summed E-state index contributed by atoms with van der Waals surface area (Å²) in [5.41, 5.74) is 3.69. The summed E-state index contributed by atoms with van der Waals surface area (Å²) in [6.07, 6.45) is 1.78. The van der Waals surface area contributed by atoms with Crippen molar-refractivity contribution >= 4 is 17.4 Å². The number of carbonyl (C=O) groups is 1. The summed E-state index contributed by atoms with van der Waals surface area (Å²) >= 11 is 0. The molecule has 2 aromatic rings. The van der Waals surface area contributed by atoms with E-state index in [-0.39, 0.29) is 37.5 Å². The molecule has 0 saturated heterocycles. The standard InChI is InChI=1S/C21H26F2N4O2/c1-13-10-18-17(4-3-9-27(18)12-16-11-14(2)26-29-16)24-19(13)25-20(28)15-5-7-21(22,23)8-6-15/h10-11,15H,3-9,12H2,1-2H3,(H,24,25,28). The van der Waals surface area contributed by atoms with E-state index < -0.39 is 5.92 Å². The van der Waals surface area contributed by atoms with Crippen molar-refractivity contribution in [2.45, 2.75) is 64.8 Å². The number of carbonyl (C=O) groups excluding carboxylic acids is 1. The van der Waals surface area contributed by atoms with Crippen molar-refractivity contribution in [3.63, 3.8) is 0 Å². The van der Waals surface area contributed by atoms with Crippen LogP contribution in [0.2, 0.25) is 0 Å². The summed E-state index contributed by atoms with van der Waals surface area (Å²) in [5, 5.41) is 6.83. The lowest BCUT2D eigenvalue weighted by Gasteiger charge is -2.31. The van der Waals surface area contributed by atoms with Gasteiger partial charge in [0.25, 0.3) is 0 Å². The molecular weight excluding hydrogens is 378 g/mol. The van der Waals surface area contributed by atoms with E-state index in [9.17, 15) is 13.6 Å². The molecule has 1 fully saturated rings. The van der Waals surface area contributed by atoms with Gasteiger partial charge in [0.1, 0.15) is 5.82 Å². The van der Waals surface area contributed by atoms with Crippen molar-refractivity contribution in [1.82, 2.24) is 10.1 Å². The Balaban J connectivity index is 1.48. The summed E-state index contributed by atoms with van der Waals surface area (Å²) in [7, 11) is 0. The van der Waals surface area contributed by atoms with E-state index in [0.717, 1.165) is 47.8 Å². The first kappa shape index (κ1) is 19.8. The number of amides is 1. The lowest BCUT2D eigenvalue weighted by atomic mass is 9.86. The van der Waals surface area contributed by atoms with Gasteiger partial charge in [-0.2, -0.15) is 0 Å². The van der Waals surface area contributed by atoms with Gasteiger partial charge < -0.3 is 14.7 Å². The number of aromatic nitrogens is 2. The number of anilines is 2. The molecule has 0 unspecified atom stereocenters. The number of aryl methyl sites for hydroxylation is 3. The number of nitrogens with zero attached hydrogens (tertiary/aromatic N) is 3. The highest BCUT2D eigenvalue weighted by Crippen LogP contribution is 2.37. The first-order chi connectivity index (χ1) is 13.8. The first-order valence-electron chi connectivity index (χ1n) is 10.2. The average Bonchev–Trinajstić information content (AvgIpc) is 3.07. The van der Waals surface area contributed by atoms with Crippen LogP contribution in [0.4, 0.5) is 20.3 Å². The summed E-state index contributed by atoms with van der Waals surface area (Å²) in [6.45, 7) is 5.32. The lowest BCUT2D eigenvalue weighted by molar-refractivity contribution is -0.124. The zero-order valence-electron chi connectivity index (χ0n) is 16.8. The molecule has 6 nitrogen and oxygen atoms in total. The second-order valence-corrected chi connectivity index (χ2v) is 8.20. The highest BCUT2D eigenvalue weighted by molar-refractivity contribution is 5.92. The fraction of sp³-hybridized carbons (Fsp3) is 0.571. The van der Waals surface area contributed by atoms with Crippen LogP contribution >= 0.6 is 0 Å². The van der Waals surface area contributed by atoms with E-state index in [2.05, 4.69) is 15.4 Å². The van der Waals surface area contributed by atoms with Gasteiger partial charge in [0.15, 0.2) is 5.76 Å². The van der Waals surface area contributed by atoms with Crippen molar-refractivity contribution in [2.24, 2.45) is 5.92 Å². The molecule has 1 amide bonds. The van der Waals surface area contributed by atoms with E-state index in [1.807, 2.05) is 26.0 Å². The fourth-order valence-corrected chi connectivity index (χ4v) is 4.14. The first-order valence-corrected chi connectivity index (χ1v) is 10.2. The topological polar surface area (TPSA) is 71.3 Å². The SMILES string of the molecule is Cc1cc(CN2CCCc3nc(NC(=O)C4CCC(F)(F)CC4)c(C)cc32)on1. The molecule has 0 spiro atoms. The number of hydrogen-bond donors (Lipinski definition) is 1. The van der Waals surface area contributed by atoms with Crippen LogP contribution in [0.25, 0.3) is 0 Å². The van der Waals surface area contributed by atoms with E-state index in [0.29, 0.717) is 12.4 Å². The van der Waals surface area contributed by atoms with Crippen molar-refractivity contribution in [3.05, 3.63) is 34.8 Å². The van der Waals surface area contributed by atoms with Crippen LogP contribution in [-0.4, -0.2) is 28.5 Å². The number of fused-ring (bicyclic) bond motifs is 1. The van der Waals surface area contributed by atoms with Crippen LogP contribution in [-0.2, 0) is 17.8 Å². The minimum Gasteiger partial charge on any atom is -0.362 e. The predicted octanol–water partition coefficient (Wildman–Crippen LogP) is 4.40. The molecule has 3 heterocycles. The van der Waals surface area contributed by atoms with Crippen LogP contribution in [0.5, 0.6) is 0 Å². The molecular formula is C21H26F2N4O2. The molecule has 156 valence electrons. The third-order valence-electron chi connectivity index (χ3n) is 5.80. The molecule has 29 heavy (non-hydrogen) atoms. The monoisotopic (exact) mass is 404 g/mol. The van der Waals surface area contributed by atoms with E-state index in [4.69, 9.17) is 9.51 Å². The van der Waals surface area contributed by atoms with Gasteiger partial charge in [0, 0.05) is 31.4 Å². The zero-order chi connectivity index (χ0) is 20.6. The van der Waals surface area contributed by atoms with Crippen LogP contribution in [0.1, 0.15) is 54.8 Å². The van der Waals surface area contributed by atoms with Crippen molar-refractivity contribution in [3.8, 4) is 0 Å². The van der Waals surface area contributed by atoms with Gasteiger partial charge in [0.2, 0.25) is 11.8 Å². The van der Waals surface area contributed by atoms with Gasteiger partial charge in [-0.05, 0) is 51.2 Å². The van der Waals surface area contributed by atoms with Crippen LogP contribution in [0.15, 0.2) is 16.7 Å². The fourth-order valence-electron chi connectivity index (χ4n) is 4.14. The second kappa shape index (κ2) is 7.72. The molecule has 1 saturated carbocycles. The maximum Gasteiger partial charge on any atom is 0.248 e. The maximum atomic E-state index is 13.4. The number of pyridine rings is 1. The Labute approximate surface area is 168 Å². The Morgan fingerprint density at radius 1 is 1.31 bits per heavy atom. The molecule has 4 rings (SSSR count). The molecule has 0 aromatic carbocycles. The Morgan fingerprint density at radius 3 is 2.76 bits per heavy atom. The molecule has 1 N–H and O–H groups in total. The van der Waals surface area contributed by atoms with Crippen molar-refractivity contribution in [2.75, 3.05) is 16.8 Å². The van der Waals surface area contributed by atoms with Gasteiger partial charge in [-0.3, -0.25) is 4.79 Å². The molecule has 2 aliphatic rings. The summed E-state index contributed by atoms with van der Waals surface area (Å²) in [5.74, 6) is -1.88. The van der Waals surface area contributed by atoms with Gasteiger partial charge in [0.05, 0.1) is 23.6 Å². The predicted molar refractivity (Wildman–Crippen MR) is 105 cm³/mol. The van der Waals surface area contributed by atoms with Crippen LogP contribution < -0.4 is 10.2 Å². The van der Waals surface area contributed by atoms with Gasteiger partial charge in [-0.15, -0.1) is 0 Å². The Morgan fingerprint density at radius 2 is 2.07 bits per heavy atom. The molecule has 0 bridgehead atoms. The number of alkyl halides is 2. The normalized spacial score (nSPS) is 19.1. The van der Waals surface area contributed by atoms with Crippen LogP contribution in [0.3, 0.4) is 0 Å². The number of hydrogen-bond acceptors (Lipinski definition) is 5. The van der Waals surface area contributed by atoms with Gasteiger partial charge >= 0.3 is 0 Å². The van der Waals surface area contributed by atoms with E-state index in [1.165, 1.54) is 0 Å². The molecule has 1 aliphatic heterocycles. The highest BCUT2D eigenvalue weighted by Gasteiger charge is 2.37. The Bertz CT molecular complexity index is 902. The summed E-state index contributed by atoms with van der Waals surface area (Å²) < 4.78 is 32.1. The second-order valence-electron chi connectivity index (χ2n) is 8.20. The lowest BCUT2D eigenvalue weighted by Crippen LogP contribution is -2.33. The van der Waals surface area contributed by atoms with Gasteiger partial charge in [-0.1, -0.05) is 5.16 Å². The molecule has 1 aliphatic carbocycles. The Kier molecular flexibility index (Phi) is 5.27. The minimum absolute atomic E-state index is 0.208. The van der Waals surface area contributed by atoms with Crippen molar-refractivity contribution in [1.29, 1.82) is 0 Å². The minimum atomic E-state index is -2.64. The quantitative estimate of drug-likeness (QED) is 0.818. The zero-order valence-corrected chi connectivity index (χ0v) is 16.8.